The quantitative estimate of drug-likeness (QED) is 0.852. The molecule has 0 spiro atoms. The van der Waals surface area contributed by atoms with Crippen molar-refractivity contribution in [3.63, 3.8) is 0 Å². The Balaban J connectivity index is 2.67. The minimum atomic E-state index is 0.0806. The standard InChI is InChI=1S/C13H23N3OS/c1-10(12-6-5-7-18-12)16(4)11(9-14)8-13(17)15(2)3/h5-7,10-11H,8-9,14H2,1-4H3. The summed E-state index contributed by atoms with van der Waals surface area (Å²) >= 11 is 1.73. The second-order valence-electron chi connectivity index (χ2n) is 4.74. The fourth-order valence-corrected chi connectivity index (χ4v) is 2.66. The molecule has 0 saturated carbocycles. The Kier molecular flexibility index (Phi) is 5.78. The van der Waals surface area contributed by atoms with Crippen LogP contribution >= 0.6 is 11.3 Å². The number of likely N-dealkylation sites (N-methyl/N-ethyl adjacent to an activating group) is 1. The van der Waals surface area contributed by atoms with E-state index in [1.807, 2.05) is 13.1 Å². The summed E-state index contributed by atoms with van der Waals surface area (Å²) in [5.41, 5.74) is 5.80. The predicted molar refractivity (Wildman–Crippen MR) is 76.7 cm³/mol. The average Bonchev–Trinajstić information content (AvgIpc) is 2.87. The van der Waals surface area contributed by atoms with E-state index in [2.05, 4.69) is 23.3 Å². The molecule has 2 N–H and O–H groups in total. The molecule has 102 valence electrons. The second kappa shape index (κ2) is 6.87. The Bertz CT molecular complexity index is 364. The van der Waals surface area contributed by atoms with Gasteiger partial charge in [-0.3, -0.25) is 9.69 Å². The molecule has 4 nitrogen and oxygen atoms in total. The molecule has 0 aliphatic heterocycles. The Morgan fingerprint density at radius 2 is 2.11 bits per heavy atom. The first-order valence-electron chi connectivity index (χ1n) is 6.13. The van der Waals surface area contributed by atoms with Crippen molar-refractivity contribution in [2.24, 2.45) is 5.73 Å². The Labute approximate surface area is 113 Å². The molecule has 5 heteroatoms. The third-order valence-electron chi connectivity index (χ3n) is 3.32. The van der Waals surface area contributed by atoms with Crippen molar-refractivity contribution in [1.82, 2.24) is 9.80 Å². The number of amides is 1. The average molecular weight is 269 g/mol. The smallest absolute Gasteiger partial charge is 0.223 e. The van der Waals surface area contributed by atoms with Crippen LogP contribution in [0.4, 0.5) is 0 Å². The van der Waals surface area contributed by atoms with E-state index in [0.717, 1.165) is 0 Å². The Hall–Kier alpha value is -0.910. The lowest BCUT2D eigenvalue weighted by Crippen LogP contribution is -2.42. The summed E-state index contributed by atoms with van der Waals surface area (Å²) in [5.74, 6) is 0.121. The van der Waals surface area contributed by atoms with E-state index < -0.39 is 0 Å². The number of nitrogens with zero attached hydrogens (tertiary/aromatic N) is 2. The number of thiophene rings is 1. The molecular formula is C13H23N3OS. The van der Waals surface area contributed by atoms with Crippen LogP contribution in [-0.2, 0) is 4.79 Å². The zero-order chi connectivity index (χ0) is 13.7. The highest BCUT2D eigenvalue weighted by Gasteiger charge is 2.23. The summed E-state index contributed by atoms with van der Waals surface area (Å²) < 4.78 is 0. The van der Waals surface area contributed by atoms with E-state index in [9.17, 15) is 4.79 Å². The molecule has 0 aliphatic rings. The van der Waals surface area contributed by atoms with Gasteiger partial charge in [-0.2, -0.15) is 0 Å². The molecule has 1 rings (SSSR count). The van der Waals surface area contributed by atoms with Crippen molar-refractivity contribution in [1.29, 1.82) is 0 Å². The van der Waals surface area contributed by atoms with Gasteiger partial charge >= 0.3 is 0 Å². The van der Waals surface area contributed by atoms with Crippen LogP contribution in [0.2, 0.25) is 0 Å². The van der Waals surface area contributed by atoms with Gasteiger partial charge in [0.2, 0.25) is 5.91 Å². The van der Waals surface area contributed by atoms with Crippen LogP contribution in [0.15, 0.2) is 17.5 Å². The maximum absolute atomic E-state index is 11.8. The number of hydrogen-bond donors (Lipinski definition) is 1. The first-order valence-corrected chi connectivity index (χ1v) is 7.00. The lowest BCUT2D eigenvalue weighted by Gasteiger charge is -2.32. The molecule has 2 atom stereocenters. The fraction of sp³-hybridized carbons (Fsp3) is 0.615. The van der Waals surface area contributed by atoms with E-state index in [-0.39, 0.29) is 18.0 Å². The highest BCUT2D eigenvalue weighted by Crippen LogP contribution is 2.25. The highest BCUT2D eigenvalue weighted by molar-refractivity contribution is 7.10. The number of rotatable bonds is 6. The summed E-state index contributed by atoms with van der Waals surface area (Å²) in [4.78, 5) is 16.9. The Morgan fingerprint density at radius 3 is 2.56 bits per heavy atom. The summed E-state index contributed by atoms with van der Waals surface area (Å²) in [6, 6.07) is 4.53. The van der Waals surface area contributed by atoms with E-state index in [0.29, 0.717) is 13.0 Å². The lowest BCUT2D eigenvalue weighted by atomic mass is 10.1. The SMILES string of the molecule is CC(c1cccs1)N(C)C(CN)CC(=O)N(C)C. The number of carbonyl (C=O) groups excluding carboxylic acids is 1. The van der Waals surface area contributed by atoms with Gasteiger partial charge in [0.05, 0.1) is 0 Å². The van der Waals surface area contributed by atoms with Crippen molar-refractivity contribution >= 4 is 17.2 Å². The van der Waals surface area contributed by atoms with Gasteiger partial charge in [-0.15, -0.1) is 11.3 Å². The van der Waals surface area contributed by atoms with Gasteiger partial charge in [0, 0.05) is 44.0 Å². The van der Waals surface area contributed by atoms with Gasteiger partial charge < -0.3 is 10.6 Å². The molecule has 2 unspecified atom stereocenters. The molecule has 0 aromatic carbocycles. The third kappa shape index (κ3) is 3.80. The van der Waals surface area contributed by atoms with Gasteiger partial charge in [-0.05, 0) is 25.4 Å². The summed E-state index contributed by atoms with van der Waals surface area (Å²) in [5, 5.41) is 2.07. The molecular weight excluding hydrogens is 246 g/mol. The number of hydrogen-bond acceptors (Lipinski definition) is 4. The molecule has 0 saturated heterocycles. The molecule has 0 aliphatic carbocycles. The summed E-state index contributed by atoms with van der Waals surface area (Å²) in [6.07, 6.45) is 0.468. The molecule has 0 bridgehead atoms. The monoisotopic (exact) mass is 269 g/mol. The maximum atomic E-state index is 11.8. The largest absolute Gasteiger partial charge is 0.349 e. The van der Waals surface area contributed by atoms with E-state index in [1.54, 1.807) is 30.3 Å². The first kappa shape index (κ1) is 15.1. The Morgan fingerprint density at radius 1 is 1.44 bits per heavy atom. The maximum Gasteiger partial charge on any atom is 0.223 e. The molecule has 1 aromatic heterocycles. The van der Waals surface area contributed by atoms with Crippen LogP contribution in [0.3, 0.4) is 0 Å². The van der Waals surface area contributed by atoms with E-state index in [1.165, 1.54) is 4.88 Å². The van der Waals surface area contributed by atoms with Gasteiger partial charge in [-0.1, -0.05) is 6.07 Å². The van der Waals surface area contributed by atoms with Crippen molar-refractivity contribution in [2.45, 2.75) is 25.4 Å². The summed E-state index contributed by atoms with van der Waals surface area (Å²) in [6.45, 7) is 2.64. The van der Waals surface area contributed by atoms with Gasteiger partial charge in [-0.25, -0.2) is 0 Å². The zero-order valence-corrected chi connectivity index (χ0v) is 12.4. The third-order valence-corrected chi connectivity index (χ3v) is 4.37. The number of carbonyl (C=O) groups is 1. The van der Waals surface area contributed by atoms with Crippen molar-refractivity contribution in [3.8, 4) is 0 Å². The summed E-state index contributed by atoms with van der Waals surface area (Å²) in [7, 11) is 5.59. The first-order chi connectivity index (χ1) is 8.47. The van der Waals surface area contributed by atoms with Gasteiger partial charge in [0.15, 0.2) is 0 Å². The number of nitrogens with two attached hydrogens (primary N) is 1. The van der Waals surface area contributed by atoms with Crippen LogP contribution in [0.25, 0.3) is 0 Å². The van der Waals surface area contributed by atoms with Crippen molar-refractivity contribution < 1.29 is 4.79 Å². The molecule has 0 radical (unpaired) electrons. The lowest BCUT2D eigenvalue weighted by molar-refractivity contribution is -0.130. The van der Waals surface area contributed by atoms with Gasteiger partial charge in [0.25, 0.3) is 0 Å². The van der Waals surface area contributed by atoms with Crippen LogP contribution in [-0.4, -0.2) is 49.4 Å². The van der Waals surface area contributed by atoms with E-state index >= 15 is 0 Å². The van der Waals surface area contributed by atoms with Crippen LogP contribution in [0.5, 0.6) is 0 Å². The zero-order valence-electron chi connectivity index (χ0n) is 11.6. The normalized spacial score (nSPS) is 14.6. The molecule has 0 fully saturated rings. The minimum absolute atomic E-state index is 0.0806. The second-order valence-corrected chi connectivity index (χ2v) is 5.72. The van der Waals surface area contributed by atoms with Gasteiger partial charge in [0.1, 0.15) is 0 Å². The van der Waals surface area contributed by atoms with Crippen molar-refractivity contribution in [2.75, 3.05) is 27.7 Å². The molecule has 18 heavy (non-hydrogen) atoms. The van der Waals surface area contributed by atoms with Crippen LogP contribution in [0, 0.1) is 0 Å². The molecule has 1 aromatic rings. The highest BCUT2D eigenvalue weighted by atomic mass is 32.1. The molecule has 1 heterocycles. The topological polar surface area (TPSA) is 49.6 Å². The van der Waals surface area contributed by atoms with Crippen LogP contribution < -0.4 is 5.73 Å². The predicted octanol–water partition coefficient (Wildman–Crippen LogP) is 1.55. The van der Waals surface area contributed by atoms with E-state index in [4.69, 9.17) is 5.73 Å². The van der Waals surface area contributed by atoms with Crippen LogP contribution in [0.1, 0.15) is 24.3 Å². The fourth-order valence-electron chi connectivity index (χ4n) is 1.82. The van der Waals surface area contributed by atoms with Crippen molar-refractivity contribution in [3.05, 3.63) is 22.4 Å². The minimum Gasteiger partial charge on any atom is -0.349 e. The molecule has 1 amide bonds.